The zero-order valence-electron chi connectivity index (χ0n) is 18.1. The van der Waals surface area contributed by atoms with Gasteiger partial charge in [-0.1, -0.05) is 32.1 Å². The monoisotopic (exact) mass is 410 g/mol. The lowest BCUT2D eigenvalue weighted by atomic mass is 9.69. The molecule has 1 aliphatic carbocycles. The van der Waals surface area contributed by atoms with E-state index >= 15 is 0 Å². The van der Waals surface area contributed by atoms with Gasteiger partial charge in [0.1, 0.15) is 6.33 Å². The Morgan fingerprint density at radius 3 is 2.70 bits per heavy atom. The van der Waals surface area contributed by atoms with Gasteiger partial charge in [-0.25, -0.2) is 9.97 Å². The van der Waals surface area contributed by atoms with Crippen LogP contribution in [0.3, 0.4) is 0 Å². The molecule has 0 aromatic carbocycles. The van der Waals surface area contributed by atoms with Crippen molar-refractivity contribution < 1.29 is 9.59 Å². The molecule has 3 saturated heterocycles. The Morgan fingerprint density at radius 1 is 1.10 bits per heavy atom. The second-order valence-electron chi connectivity index (χ2n) is 10.1. The fourth-order valence-corrected chi connectivity index (χ4v) is 6.78. The Bertz CT molecular complexity index is 806. The molecule has 1 aromatic rings. The van der Waals surface area contributed by atoms with E-state index in [1.54, 1.807) is 6.20 Å². The van der Waals surface area contributed by atoms with Gasteiger partial charge in [0.2, 0.25) is 5.91 Å². The highest BCUT2D eigenvalue weighted by Crippen LogP contribution is 2.44. The predicted molar refractivity (Wildman–Crippen MR) is 114 cm³/mol. The number of amides is 2. The van der Waals surface area contributed by atoms with E-state index in [-0.39, 0.29) is 5.91 Å². The third-order valence-electron chi connectivity index (χ3n) is 8.23. The van der Waals surface area contributed by atoms with E-state index in [2.05, 4.69) is 19.8 Å². The summed E-state index contributed by atoms with van der Waals surface area (Å²) in [5.41, 5.74) is 1.37. The fraction of sp³-hybridized carbons (Fsp3) is 0.750. The minimum Gasteiger partial charge on any atom is -0.338 e. The topological polar surface area (TPSA) is 66.4 Å². The van der Waals surface area contributed by atoms with E-state index in [1.807, 2.05) is 6.92 Å². The second-order valence-corrected chi connectivity index (χ2v) is 10.1. The highest BCUT2D eigenvalue weighted by molar-refractivity contribution is 5.95. The average molecular weight is 411 g/mol. The van der Waals surface area contributed by atoms with Crippen LogP contribution in [0.2, 0.25) is 0 Å². The third-order valence-corrected chi connectivity index (χ3v) is 8.23. The summed E-state index contributed by atoms with van der Waals surface area (Å²) in [6, 6.07) is 0.630. The molecule has 4 aliphatic rings. The quantitative estimate of drug-likeness (QED) is 0.764. The number of hydrogen-bond donors (Lipinski definition) is 0. The molecule has 0 N–H and O–H groups in total. The number of aryl methyl sites for hydroxylation is 1. The van der Waals surface area contributed by atoms with Crippen molar-refractivity contribution in [2.24, 2.45) is 17.8 Å². The Labute approximate surface area is 179 Å². The highest BCUT2D eigenvalue weighted by Gasteiger charge is 2.50. The zero-order valence-corrected chi connectivity index (χ0v) is 18.1. The summed E-state index contributed by atoms with van der Waals surface area (Å²) in [6.45, 7) is 3.40. The molecule has 0 spiro atoms. The molecule has 30 heavy (non-hydrogen) atoms. The third kappa shape index (κ3) is 3.63. The van der Waals surface area contributed by atoms with Crippen molar-refractivity contribution in [2.75, 3.05) is 13.1 Å². The van der Waals surface area contributed by atoms with Crippen molar-refractivity contribution >= 4 is 11.8 Å². The van der Waals surface area contributed by atoms with Gasteiger partial charge in [0.05, 0.1) is 11.3 Å². The minimum absolute atomic E-state index is 0.0646. The molecule has 6 nitrogen and oxygen atoms in total. The van der Waals surface area contributed by atoms with Crippen LogP contribution < -0.4 is 0 Å². The lowest BCUT2D eigenvalue weighted by Crippen LogP contribution is -2.65. The molecular formula is C24H34N4O2. The molecule has 3 aliphatic heterocycles. The number of nitrogens with zero attached hydrogens (tertiary/aromatic N) is 4. The molecular weight excluding hydrogens is 376 g/mol. The maximum atomic E-state index is 13.3. The number of hydrogen-bond acceptors (Lipinski definition) is 4. The maximum Gasteiger partial charge on any atom is 0.257 e. The van der Waals surface area contributed by atoms with E-state index < -0.39 is 0 Å². The Hall–Kier alpha value is -1.98. The SMILES string of the molecule is Cc1ncncc1C(=O)N1C[C@H]2C[C@@H](C1)[C@H](CC1CCCCC1)N1C(=O)CCC[C@@H]21. The summed E-state index contributed by atoms with van der Waals surface area (Å²) in [7, 11) is 0. The van der Waals surface area contributed by atoms with Crippen LogP contribution in [-0.2, 0) is 4.79 Å². The first kappa shape index (κ1) is 20.0. The summed E-state index contributed by atoms with van der Waals surface area (Å²) in [6.07, 6.45) is 14.9. The lowest BCUT2D eigenvalue weighted by molar-refractivity contribution is -0.153. The summed E-state index contributed by atoms with van der Waals surface area (Å²) < 4.78 is 0. The van der Waals surface area contributed by atoms with Gasteiger partial charge in [0.15, 0.2) is 0 Å². The van der Waals surface area contributed by atoms with Crippen molar-refractivity contribution in [1.82, 2.24) is 19.8 Å². The smallest absolute Gasteiger partial charge is 0.257 e. The van der Waals surface area contributed by atoms with E-state index in [0.717, 1.165) is 44.0 Å². The summed E-state index contributed by atoms with van der Waals surface area (Å²) in [5.74, 6) is 1.98. The zero-order chi connectivity index (χ0) is 20.7. The van der Waals surface area contributed by atoms with Crippen LogP contribution in [0, 0.1) is 24.7 Å². The average Bonchev–Trinajstić information content (AvgIpc) is 2.77. The Morgan fingerprint density at radius 2 is 1.90 bits per heavy atom. The molecule has 1 saturated carbocycles. The molecule has 4 fully saturated rings. The number of aromatic nitrogens is 2. The van der Waals surface area contributed by atoms with Crippen molar-refractivity contribution in [3.63, 3.8) is 0 Å². The van der Waals surface area contributed by atoms with E-state index in [0.29, 0.717) is 41.8 Å². The standard InChI is InChI=1S/C24H34N4O2/c1-16-20(12-25-15-26-16)24(30)27-13-18-11-19(14-27)22(10-17-6-3-2-4-7-17)28-21(18)8-5-9-23(28)29/h12,15,17-19,21-22H,2-11,13-14H2,1H3/t18-,19+,21+,22+/m1/s1. The maximum absolute atomic E-state index is 13.3. The van der Waals surface area contributed by atoms with Gasteiger partial charge in [-0.3, -0.25) is 9.59 Å². The van der Waals surface area contributed by atoms with Crippen LogP contribution in [0.25, 0.3) is 0 Å². The number of likely N-dealkylation sites (tertiary alicyclic amines) is 1. The largest absolute Gasteiger partial charge is 0.338 e. The molecule has 162 valence electrons. The van der Waals surface area contributed by atoms with Crippen LogP contribution in [-0.4, -0.2) is 56.8 Å². The van der Waals surface area contributed by atoms with E-state index in [1.165, 1.54) is 44.9 Å². The second kappa shape index (κ2) is 8.27. The number of carbonyl (C=O) groups is 2. The van der Waals surface area contributed by atoms with Crippen LogP contribution in [0.15, 0.2) is 12.5 Å². The normalized spacial score (nSPS) is 32.1. The molecule has 4 heterocycles. The lowest BCUT2D eigenvalue weighted by Gasteiger charge is -2.57. The van der Waals surface area contributed by atoms with Crippen molar-refractivity contribution in [2.45, 2.75) is 83.2 Å². The summed E-state index contributed by atoms with van der Waals surface area (Å²) in [4.78, 5) is 39.0. The Balaban J connectivity index is 1.40. The van der Waals surface area contributed by atoms with Gasteiger partial charge in [-0.05, 0) is 50.4 Å². The molecule has 6 heteroatoms. The van der Waals surface area contributed by atoms with Crippen LogP contribution in [0.4, 0.5) is 0 Å². The molecule has 1 aromatic heterocycles. The molecule has 2 amide bonds. The van der Waals surface area contributed by atoms with Gasteiger partial charge in [0, 0.05) is 37.8 Å². The first-order valence-electron chi connectivity index (χ1n) is 12.0. The first-order valence-corrected chi connectivity index (χ1v) is 12.0. The van der Waals surface area contributed by atoms with E-state index in [9.17, 15) is 9.59 Å². The van der Waals surface area contributed by atoms with Crippen LogP contribution >= 0.6 is 0 Å². The molecule has 5 rings (SSSR count). The van der Waals surface area contributed by atoms with Crippen molar-refractivity contribution in [1.29, 1.82) is 0 Å². The predicted octanol–water partition coefficient (Wildman–Crippen LogP) is 3.60. The summed E-state index contributed by atoms with van der Waals surface area (Å²) >= 11 is 0. The van der Waals surface area contributed by atoms with E-state index in [4.69, 9.17) is 0 Å². The van der Waals surface area contributed by atoms with Gasteiger partial charge in [0.25, 0.3) is 5.91 Å². The van der Waals surface area contributed by atoms with Gasteiger partial charge >= 0.3 is 0 Å². The first-order chi connectivity index (χ1) is 14.6. The van der Waals surface area contributed by atoms with Crippen molar-refractivity contribution in [3.05, 3.63) is 23.8 Å². The number of carbonyl (C=O) groups excluding carboxylic acids is 2. The summed E-state index contributed by atoms with van der Waals surface area (Å²) in [5, 5.41) is 0. The number of piperidine rings is 3. The highest BCUT2D eigenvalue weighted by atomic mass is 16.2. The van der Waals surface area contributed by atoms with Crippen LogP contribution in [0.5, 0.6) is 0 Å². The minimum atomic E-state index is 0.0646. The fourth-order valence-electron chi connectivity index (χ4n) is 6.78. The molecule has 0 unspecified atom stereocenters. The molecule has 4 atom stereocenters. The molecule has 0 radical (unpaired) electrons. The number of rotatable bonds is 3. The molecule has 2 bridgehead atoms. The number of fused-ring (bicyclic) bond motifs is 4. The van der Waals surface area contributed by atoms with Gasteiger partial charge in [-0.2, -0.15) is 0 Å². The van der Waals surface area contributed by atoms with Gasteiger partial charge in [-0.15, -0.1) is 0 Å². The van der Waals surface area contributed by atoms with Gasteiger partial charge < -0.3 is 9.80 Å². The van der Waals surface area contributed by atoms with Crippen LogP contribution in [0.1, 0.15) is 80.3 Å². The Kier molecular flexibility index (Phi) is 5.50. The van der Waals surface area contributed by atoms with Crippen molar-refractivity contribution in [3.8, 4) is 0 Å².